The van der Waals surface area contributed by atoms with E-state index in [1.165, 1.54) is 0 Å². The number of aryl methyl sites for hydroxylation is 1. The molecule has 7 nitrogen and oxygen atoms in total. The van der Waals surface area contributed by atoms with E-state index in [9.17, 15) is 4.79 Å². The summed E-state index contributed by atoms with van der Waals surface area (Å²) in [5.74, 6) is 0.877. The number of anilines is 2. The molecule has 0 aliphatic carbocycles. The molecule has 0 bridgehead atoms. The maximum absolute atomic E-state index is 11.6. The molecule has 1 N–H and O–H groups in total. The number of H-pyrrole nitrogens is 1. The fourth-order valence-electron chi connectivity index (χ4n) is 2.54. The molecule has 0 spiro atoms. The molecule has 0 unspecified atom stereocenters. The molecule has 0 radical (unpaired) electrons. The summed E-state index contributed by atoms with van der Waals surface area (Å²) in [6.45, 7) is 5.17. The predicted molar refractivity (Wildman–Crippen MR) is 85.7 cm³/mol. The minimum absolute atomic E-state index is 0.193. The Morgan fingerprint density at radius 3 is 2.68 bits per heavy atom. The molecular weight excluding hydrogens is 304 g/mol. The lowest BCUT2D eigenvalue weighted by Gasteiger charge is -2.24. The van der Waals surface area contributed by atoms with Gasteiger partial charge in [0.15, 0.2) is 5.82 Å². The summed E-state index contributed by atoms with van der Waals surface area (Å²) in [5.41, 5.74) is 1.23. The topological polar surface area (TPSA) is 78.0 Å². The molecule has 0 aromatic carbocycles. The minimum atomic E-state index is -0.357. The second-order valence-corrected chi connectivity index (χ2v) is 5.64. The van der Waals surface area contributed by atoms with Crippen LogP contribution in [-0.4, -0.2) is 46.6 Å². The Morgan fingerprint density at radius 2 is 1.91 bits per heavy atom. The van der Waals surface area contributed by atoms with Crippen LogP contribution in [0.3, 0.4) is 0 Å². The van der Waals surface area contributed by atoms with Gasteiger partial charge in [-0.25, -0.2) is 5.10 Å². The van der Waals surface area contributed by atoms with Crippen molar-refractivity contribution in [1.82, 2.24) is 20.4 Å². The van der Waals surface area contributed by atoms with Crippen molar-refractivity contribution >= 4 is 23.1 Å². The molecule has 0 amide bonds. The van der Waals surface area contributed by atoms with Crippen molar-refractivity contribution in [3.63, 3.8) is 0 Å². The van der Waals surface area contributed by atoms with Gasteiger partial charge in [-0.1, -0.05) is 11.6 Å². The van der Waals surface area contributed by atoms with Crippen LogP contribution in [0, 0.1) is 6.92 Å². The molecule has 1 fully saturated rings. The van der Waals surface area contributed by atoms with Crippen LogP contribution in [0.25, 0.3) is 0 Å². The smallest absolute Gasteiger partial charge is 0.285 e. The summed E-state index contributed by atoms with van der Waals surface area (Å²) in [6.07, 6.45) is 2.55. The van der Waals surface area contributed by atoms with Gasteiger partial charge in [0.1, 0.15) is 5.02 Å². The van der Waals surface area contributed by atoms with Gasteiger partial charge in [-0.05, 0) is 25.5 Å². The molecule has 1 aliphatic rings. The van der Waals surface area contributed by atoms with Gasteiger partial charge >= 0.3 is 0 Å². The monoisotopic (exact) mass is 320 g/mol. The van der Waals surface area contributed by atoms with Crippen molar-refractivity contribution in [2.24, 2.45) is 0 Å². The van der Waals surface area contributed by atoms with Gasteiger partial charge in [-0.3, -0.25) is 4.79 Å². The number of aromatic amines is 1. The molecule has 1 aliphatic heterocycles. The van der Waals surface area contributed by atoms with Crippen molar-refractivity contribution in [3.8, 4) is 0 Å². The highest BCUT2D eigenvalue weighted by Crippen LogP contribution is 2.22. The molecule has 22 heavy (non-hydrogen) atoms. The summed E-state index contributed by atoms with van der Waals surface area (Å²) in [4.78, 5) is 15.9. The van der Waals surface area contributed by atoms with E-state index in [1.807, 2.05) is 19.1 Å². The van der Waals surface area contributed by atoms with Crippen molar-refractivity contribution in [1.29, 1.82) is 0 Å². The summed E-state index contributed by atoms with van der Waals surface area (Å²) in [5, 5.41) is 14.7. The molecule has 2 aromatic heterocycles. The highest BCUT2D eigenvalue weighted by Gasteiger charge is 2.19. The van der Waals surface area contributed by atoms with Gasteiger partial charge in [0.05, 0.1) is 17.6 Å². The van der Waals surface area contributed by atoms with Crippen LogP contribution in [0.4, 0.5) is 11.5 Å². The Labute approximate surface area is 132 Å². The van der Waals surface area contributed by atoms with E-state index in [0.717, 1.165) is 44.1 Å². The molecule has 3 rings (SSSR count). The summed E-state index contributed by atoms with van der Waals surface area (Å²) in [6, 6.07) is 3.95. The average Bonchev–Trinajstić information content (AvgIpc) is 2.77. The van der Waals surface area contributed by atoms with Crippen molar-refractivity contribution < 1.29 is 0 Å². The fourth-order valence-corrected chi connectivity index (χ4v) is 2.75. The number of nitrogens with one attached hydrogen (secondary N) is 1. The SMILES string of the molecule is Cc1ccc(N2CCCN(c3cn[nH]c(=O)c3Cl)CC2)nn1. The number of hydrogen-bond acceptors (Lipinski definition) is 6. The summed E-state index contributed by atoms with van der Waals surface area (Å²) in [7, 11) is 0. The van der Waals surface area contributed by atoms with Crippen LogP contribution in [0.15, 0.2) is 23.1 Å². The van der Waals surface area contributed by atoms with E-state index in [0.29, 0.717) is 5.69 Å². The van der Waals surface area contributed by atoms with Crippen LogP contribution >= 0.6 is 11.6 Å². The first-order valence-corrected chi connectivity index (χ1v) is 7.56. The lowest BCUT2D eigenvalue weighted by molar-refractivity contribution is 0.782. The van der Waals surface area contributed by atoms with Gasteiger partial charge in [0.25, 0.3) is 5.56 Å². The van der Waals surface area contributed by atoms with Gasteiger partial charge in [0, 0.05) is 26.2 Å². The van der Waals surface area contributed by atoms with Crippen LogP contribution in [0.5, 0.6) is 0 Å². The highest BCUT2D eigenvalue weighted by atomic mass is 35.5. The standard InChI is InChI=1S/C14H17ClN6O/c1-10-3-4-12(18-17-10)21-6-2-5-20(7-8-21)11-9-16-19-14(22)13(11)15/h3-4,9H,2,5-8H2,1H3,(H,19,22). The van der Waals surface area contributed by atoms with E-state index in [1.54, 1.807) is 6.20 Å². The first kappa shape index (κ1) is 14.8. The van der Waals surface area contributed by atoms with Crippen molar-refractivity contribution in [3.05, 3.63) is 39.4 Å². The molecule has 0 saturated carbocycles. The van der Waals surface area contributed by atoms with Gasteiger partial charge in [0.2, 0.25) is 0 Å². The lowest BCUT2D eigenvalue weighted by atomic mass is 10.3. The van der Waals surface area contributed by atoms with E-state index in [4.69, 9.17) is 11.6 Å². The van der Waals surface area contributed by atoms with E-state index >= 15 is 0 Å². The second kappa shape index (κ2) is 6.31. The first-order valence-electron chi connectivity index (χ1n) is 7.18. The Hall–Kier alpha value is -2.15. The molecule has 3 heterocycles. The largest absolute Gasteiger partial charge is 0.367 e. The quantitative estimate of drug-likeness (QED) is 0.897. The molecule has 2 aromatic rings. The van der Waals surface area contributed by atoms with Crippen LogP contribution in [0.1, 0.15) is 12.1 Å². The minimum Gasteiger partial charge on any atom is -0.367 e. The number of nitrogens with zero attached hydrogens (tertiary/aromatic N) is 5. The summed E-state index contributed by atoms with van der Waals surface area (Å²) >= 11 is 6.09. The Morgan fingerprint density at radius 1 is 1.14 bits per heavy atom. The zero-order chi connectivity index (χ0) is 15.5. The van der Waals surface area contributed by atoms with E-state index < -0.39 is 0 Å². The average molecular weight is 321 g/mol. The molecular formula is C14H17ClN6O. The zero-order valence-electron chi connectivity index (χ0n) is 12.3. The second-order valence-electron chi connectivity index (χ2n) is 5.26. The maximum atomic E-state index is 11.6. The Bertz CT molecular complexity index is 701. The maximum Gasteiger partial charge on any atom is 0.285 e. The molecule has 0 atom stereocenters. The van der Waals surface area contributed by atoms with Crippen LogP contribution in [0.2, 0.25) is 5.02 Å². The Balaban J connectivity index is 1.76. The fraction of sp³-hybridized carbons (Fsp3) is 0.429. The van der Waals surface area contributed by atoms with Gasteiger partial charge in [-0.2, -0.15) is 10.2 Å². The molecule has 1 saturated heterocycles. The van der Waals surface area contributed by atoms with Crippen LogP contribution < -0.4 is 15.4 Å². The number of rotatable bonds is 2. The molecule has 116 valence electrons. The zero-order valence-corrected chi connectivity index (χ0v) is 13.0. The van der Waals surface area contributed by atoms with Gasteiger partial charge in [-0.15, -0.1) is 5.10 Å². The third-order valence-electron chi connectivity index (χ3n) is 3.72. The highest BCUT2D eigenvalue weighted by molar-refractivity contribution is 6.32. The third kappa shape index (κ3) is 3.04. The Kier molecular flexibility index (Phi) is 4.24. The van der Waals surface area contributed by atoms with Crippen molar-refractivity contribution in [2.45, 2.75) is 13.3 Å². The first-order chi connectivity index (χ1) is 10.6. The van der Waals surface area contributed by atoms with Gasteiger partial charge < -0.3 is 9.80 Å². The summed E-state index contributed by atoms with van der Waals surface area (Å²) < 4.78 is 0. The third-order valence-corrected chi connectivity index (χ3v) is 4.09. The normalized spacial score (nSPS) is 15.7. The number of aromatic nitrogens is 4. The molecule has 8 heteroatoms. The van der Waals surface area contributed by atoms with E-state index in [2.05, 4.69) is 30.2 Å². The van der Waals surface area contributed by atoms with E-state index in [-0.39, 0.29) is 10.6 Å². The van der Waals surface area contributed by atoms with Crippen LogP contribution in [-0.2, 0) is 0 Å². The lowest BCUT2D eigenvalue weighted by Crippen LogP contribution is -2.32. The number of hydrogen-bond donors (Lipinski definition) is 1. The predicted octanol–water partition coefficient (Wildman–Crippen LogP) is 1.24. The van der Waals surface area contributed by atoms with Crippen molar-refractivity contribution in [2.75, 3.05) is 36.0 Å². The number of halogens is 1.